The number of rotatable bonds is 3. The number of hydrogen-bond donors (Lipinski definition) is 1. The summed E-state index contributed by atoms with van der Waals surface area (Å²) in [5, 5.41) is 3.23. The SMILES string of the molecule is CC(Cc1ccc(C(F)(F)F)cc1)C(=O)N1CCNC[C@H]1C.Cl. The Morgan fingerprint density at radius 3 is 2.48 bits per heavy atom. The van der Waals surface area contributed by atoms with Gasteiger partial charge in [-0.05, 0) is 31.0 Å². The zero-order valence-corrected chi connectivity index (χ0v) is 14.0. The van der Waals surface area contributed by atoms with E-state index in [9.17, 15) is 18.0 Å². The standard InChI is InChI=1S/C16H21F3N2O.ClH/c1-11(15(22)21-8-7-20-10-12(21)2)9-13-3-5-14(6-4-13)16(17,18)19;/h3-6,11-12,20H,7-10H2,1-2H3;1H/t11?,12-;/m1./s1. The minimum Gasteiger partial charge on any atom is -0.337 e. The summed E-state index contributed by atoms with van der Waals surface area (Å²) < 4.78 is 37.6. The van der Waals surface area contributed by atoms with Gasteiger partial charge in [0, 0.05) is 31.6 Å². The van der Waals surface area contributed by atoms with Crippen LogP contribution in [0.2, 0.25) is 0 Å². The molecule has 0 aliphatic carbocycles. The van der Waals surface area contributed by atoms with Crippen LogP contribution in [0.5, 0.6) is 0 Å². The van der Waals surface area contributed by atoms with Crippen molar-refractivity contribution in [3.63, 3.8) is 0 Å². The second-order valence-electron chi connectivity index (χ2n) is 5.88. The van der Waals surface area contributed by atoms with Gasteiger partial charge in [-0.15, -0.1) is 12.4 Å². The van der Waals surface area contributed by atoms with Crippen LogP contribution in [0.3, 0.4) is 0 Å². The summed E-state index contributed by atoms with van der Waals surface area (Å²) in [5.74, 6) is -0.175. The van der Waals surface area contributed by atoms with E-state index in [-0.39, 0.29) is 30.3 Å². The first-order valence-corrected chi connectivity index (χ1v) is 7.46. The van der Waals surface area contributed by atoms with Crippen molar-refractivity contribution in [1.82, 2.24) is 10.2 Å². The Bertz CT molecular complexity index is 519. The lowest BCUT2D eigenvalue weighted by molar-refractivity contribution is -0.138. The van der Waals surface area contributed by atoms with Crippen LogP contribution in [0.1, 0.15) is 25.0 Å². The van der Waals surface area contributed by atoms with Gasteiger partial charge in [-0.25, -0.2) is 0 Å². The highest BCUT2D eigenvalue weighted by Gasteiger charge is 2.30. The lowest BCUT2D eigenvalue weighted by atomic mass is 9.98. The van der Waals surface area contributed by atoms with Crippen molar-refractivity contribution in [3.05, 3.63) is 35.4 Å². The van der Waals surface area contributed by atoms with E-state index >= 15 is 0 Å². The first-order chi connectivity index (χ1) is 10.3. The fourth-order valence-corrected chi connectivity index (χ4v) is 2.72. The monoisotopic (exact) mass is 350 g/mol. The predicted molar refractivity (Wildman–Crippen MR) is 85.6 cm³/mol. The molecule has 1 aromatic carbocycles. The molecule has 3 nitrogen and oxygen atoms in total. The molecular formula is C16H22ClF3N2O. The zero-order valence-electron chi connectivity index (χ0n) is 13.2. The van der Waals surface area contributed by atoms with Crippen molar-refractivity contribution in [2.45, 2.75) is 32.5 Å². The van der Waals surface area contributed by atoms with Crippen molar-refractivity contribution in [3.8, 4) is 0 Å². The number of piperazine rings is 1. The lowest BCUT2D eigenvalue weighted by Crippen LogP contribution is -2.53. The molecule has 2 atom stereocenters. The fraction of sp³-hybridized carbons (Fsp3) is 0.562. The van der Waals surface area contributed by atoms with Gasteiger partial charge in [0.2, 0.25) is 5.91 Å². The molecule has 2 rings (SSSR count). The maximum atomic E-state index is 12.5. The molecule has 1 aromatic rings. The number of alkyl halides is 3. The number of carbonyl (C=O) groups is 1. The van der Waals surface area contributed by atoms with E-state index in [0.29, 0.717) is 13.0 Å². The minimum atomic E-state index is -4.32. The molecule has 1 unspecified atom stereocenters. The van der Waals surface area contributed by atoms with Crippen molar-refractivity contribution in [2.24, 2.45) is 5.92 Å². The largest absolute Gasteiger partial charge is 0.416 e. The first kappa shape index (κ1) is 19.8. The summed E-state index contributed by atoms with van der Waals surface area (Å²) in [5.41, 5.74) is 0.0857. The average molecular weight is 351 g/mol. The Kier molecular flexibility index (Phi) is 6.89. The third-order valence-electron chi connectivity index (χ3n) is 4.03. The topological polar surface area (TPSA) is 32.3 Å². The Labute approximate surface area is 140 Å². The summed E-state index contributed by atoms with van der Waals surface area (Å²) in [4.78, 5) is 14.3. The summed E-state index contributed by atoms with van der Waals surface area (Å²) in [6, 6.07) is 5.19. The Balaban J connectivity index is 0.00000264. The molecule has 0 bridgehead atoms. The van der Waals surface area contributed by atoms with Gasteiger partial charge in [0.1, 0.15) is 0 Å². The van der Waals surface area contributed by atoms with Gasteiger partial charge in [-0.2, -0.15) is 13.2 Å². The molecule has 1 heterocycles. The van der Waals surface area contributed by atoms with E-state index in [2.05, 4.69) is 5.32 Å². The average Bonchev–Trinajstić information content (AvgIpc) is 2.46. The molecule has 1 aliphatic rings. The van der Waals surface area contributed by atoms with Crippen molar-refractivity contribution < 1.29 is 18.0 Å². The fourth-order valence-electron chi connectivity index (χ4n) is 2.72. The van der Waals surface area contributed by atoms with Gasteiger partial charge in [-0.1, -0.05) is 19.1 Å². The maximum Gasteiger partial charge on any atom is 0.416 e. The molecular weight excluding hydrogens is 329 g/mol. The Morgan fingerprint density at radius 2 is 1.96 bits per heavy atom. The van der Waals surface area contributed by atoms with Crippen LogP contribution in [0.4, 0.5) is 13.2 Å². The van der Waals surface area contributed by atoms with E-state index in [1.54, 1.807) is 0 Å². The number of halogens is 4. The Morgan fingerprint density at radius 1 is 1.35 bits per heavy atom. The van der Waals surface area contributed by atoms with Gasteiger partial charge in [-0.3, -0.25) is 4.79 Å². The highest BCUT2D eigenvalue weighted by molar-refractivity contribution is 5.85. The second-order valence-corrected chi connectivity index (χ2v) is 5.88. The van der Waals surface area contributed by atoms with E-state index < -0.39 is 11.7 Å². The molecule has 0 radical (unpaired) electrons. The van der Waals surface area contributed by atoms with E-state index in [1.807, 2.05) is 18.7 Å². The first-order valence-electron chi connectivity index (χ1n) is 7.46. The molecule has 0 spiro atoms. The molecule has 23 heavy (non-hydrogen) atoms. The number of nitrogens with one attached hydrogen (secondary N) is 1. The third-order valence-corrected chi connectivity index (χ3v) is 4.03. The maximum absolute atomic E-state index is 12.5. The molecule has 7 heteroatoms. The van der Waals surface area contributed by atoms with E-state index in [4.69, 9.17) is 0 Å². The Hall–Kier alpha value is -1.27. The molecule has 1 amide bonds. The molecule has 1 aliphatic heterocycles. The summed E-state index contributed by atoms with van der Waals surface area (Å²) >= 11 is 0. The van der Waals surface area contributed by atoms with Crippen molar-refractivity contribution in [1.29, 1.82) is 0 Å². The number of amides is 1. The number of hydrogen-bond acceptors (Lipinski definition) is 2. The quantitative estimate of drug-likeness (QED) is 0.908. The van der Waals surface area contributed by atoms with E-state index in [1.165, 1.54) is 12.1 Å². The molecule has 1 fully saturated rings. The summed E-state index contributed by atoms with van der Waals surface area (Å²) in [6.07, 6.45) is -3.87. The number of carbonyl (C=O) groups excluding carboxylic acids is 1. The van der Waals surface area contributed by atoms with Crippen LogP contribution in [0.15, 0.2) is 24.3 Å². The van der Waals surface area contributed by atoms with Crippen molar-refractivity contribution >= 4 is 18.3 Å². The number of nitrogens with zero attached hydrogens (tertiary/aromatic N) is 1. The summed E-state index contributed by atoms with van der Waals surface area (Å²) in [7, 11) is 0. The smallest absolute Gasteiger partial charge is 0.337 e. The highest BCUT2D eigenvalue weighted by atomic mass is 35.5. The van der Waals surface area contributed by atoms with Crippen LogP contribution in [0.25, 0.3) is 0 Å². The number of benzene rings is 1. The lowest BCUT2D eigenvalue weighted by Gasteiger charge is -2.35. The zero-order chi connectivity index (χ0) is 16.3. The van der Waals surface area contributed by atoms with Gasteiger partial charge in [0.15, 0.2) is 0 Å². The highest BCUT2D eigenvalue weighted by Crippen LogP contribution is 2.29. The normalized spacial score (nSPS) is 19.9. The van der Waals surface area contributed by atoms with Crippen LogP contribution in [0, 0.1) is 5.92 Å². The molecule has 1 N–H and O–H groups in total. The van der Waals surface area contributed by atoms with Crippen LogP contribution in [-0.2, 0) is 17.4 Å². The van der Waals surface area contributed by atoms with Gasteiger partial charge in [0.25, 0.3) is 0 Å². The van der Waals surface area contributed by atoms with Crippen LogP contribution in [-0.4, -0.2) is 36.5 Å². The third kappa shape index (κ3) is 5.11. The van der Waals surface area contributed by atoms with E-state index in [0.717, 1.165) is 30.8 Å². The van der Waals surface area contributed by atoms with Gasteiger partial charge >= 0.3 is 6.18 Å². The van der Waals surface area contributed by atoms with Gasteiger partial charge < -0.3 is 10.2 Å². The molecule has 0 saturated carbocycles. The molecule has 1 saturated heterocycles. The molecule has 0 aromatic heterocycles. The minimum absolute atomic E-state index is 0. The second kappa shape index (κ2) is 8.02. The van der Waals surface area contributed by atoms with Crippen molar-refractivity contribution in [2.75, 3.05) is 19.6 Å². The van der Waals surface area contributed by atoms with Gasteiger partial charge in [0.05, 0.1) is 5.56 Å². The van der Waals surface area contributed by atoms with Crippen LogP contribution < -0.4 is 5.32 Å². The van der Waals surface area contributed by atoms with Crippen LogP contribution >= 0.6 is 12.4 Å². The summed E-state index contributed by atoms with van der Waals surface area (Å²) in [6.45, 7) is 6.06. The molecule has 130 valence electrons. The predicted octanol–water partition coefficient (Wildman–Crippen LogP) is 3.13.